The third kappa shape index (κ3) is 5.68. The van der Waals surface area contributed by atoms with Gasteiger partial charge in [-0.2, -0.15) is 13.2 Å². The number of hydrogen-bond donors (Lipinski definition) is 1. The van der Waals surface area contributed by atoms with E-state index in [9.17, 15) is 18.0 Å². The number of amides is 1. The molecule has 1 heterocycles. The number of ether oxygens (including phenoxy) is 1. The summed E-state index contributed by atoms with van der Waals surface area (Å²) in [6.45, 7) is 1.65. The summed E-state index contributed by atoms with van der Waals surface area (Å²) < 4.78 is 43.2. The second-order valence-electron chi connectivity index (χ2n) is 5.41. The molecule has 1 N–H and O–H groups in total. The monoisotopic (exact) mass is 401 g/mol. The second-order valence-corrected chi connectivity index (χ2v) is 6.70. The average molecular weight is 401 g/mol. The number of hydrogen-bond acceptors (Lipinski definition) is 6. The molecule has 1 amide bonds. The van der Waals surface area contributed by atoms with Gasteiger partial charge >= 0.3 is 6.18 Å². The van der Waals surface area contributed by atoms with Crippen LogP contribution in [0.4, 0.5) is 13.2 Å². The van der Waals surface area contributed by atoms with E-state index in [4.69, 9.17) is 9.57 Å². The highest BCUT2D eigenvalue weighted by atomic mass is 32.1. The van der Waals surface area contributed by atoms with E-state index in [-0.39, 0.29) is 23.2 Å². The van der Waals surface area contributed by atoms with E-state index in [0.29, 0.717) is 16.0 Å². The maximum atomic E-state index is 12.5. The Bertz CT molecular complexity index is 834. The maximum Gasteiger partial charge on any atom is 0.395 e. The Morgan fingerprint density at radius 2 is 2.04 bits per heavy atom. The third-order valence-corrected chi connectivity index (χ3v) is 4.36. The second kappa shape index (κ2) is 8.85. The molecule has 2 rings (SSSR count). The first-order valence-electron chi connectivity index (χ1n) is 7.82. The largest absolute Gasteiger partial charge is 0.472 e. The Labute approximate surface area is 158 Å². The van der Waals surface area contributed by atoms with Crippen molar-refractivity contribution in [3.63, 3.8) is 0 Å². The zero-order valence-corrected chi connectivity index (χ0v) is 15.7. The van der Waals surface area contributed by atoms with Crippen molar-refractivity contribution in [2.24, 2.45) is 5.16 Å². The molecule has 2 aromatic rings. The molecule has 0 saturated heterocycles. The SMILES string of the molecule is CNC(=O)/C(=N/OC)c1ccccc1COc1nc(CC(F)(F)F)sc1C. The first-order chi connectivity index (χ1) is 12.7. The normalized spacial score (nSPS) is 12.0. The van der Waals surface area contributed by atoms with E-state index in [0.717, 1.165) is 11.3 Å². The van der Waals surface area contributed by atoms with Crippen molar-refractivity contribution in [3.05, 3.63) is 45.3 Å². The van der Waals surface area contributed by atoms with Crippen LogP contribution < -0.4 is 10.1 Å². The van der Waals surface area contributed by atoms with Crippen molar-refractivity contribution in [2.45, 2.75) is 26.1 Å². The van der Waals surface area contributed by atoms with Gasteiger partial charge in [0.15, 0.2) is 5.71 Å². The van der Waals surface area contributed by atoms with Gasteiger partial charge in [0.25, 0.3) is 5.91 Å². The van der Waals surface area contributed by atoms with Crippen LogP contribution in [0.5, 0.6) is 5.88 Å². The molecule has 0 fully saturated rings. The Hall–Kier alpha value is -2.62. The van der Waals surface area contributed by atoms with Gasteiger partial charge in [-0.15, -0.1) is 11.3 Å². The minimum atomic E-state index is -4.33. The average Bonchev–Trinajstić information content (AvgIpc) is 2.95. The molecule has 1 aromatic heterocycles. The van der Waals surface area contributed by atoms with Gasteiger partial charge in [0.1, 0.15) is 18.7 Å². The summed E-state index contributed by atoms with van der Waals surface area (Å²) in [4.78, 5) is 21.2. The Balaban J connectivity index is 2.22. The zero-order valence-electron chi connectivity index (χ0n) is 14.9. The van der Waals surface area contributed by atoms with Crippen LogP contribution >= 0.6 is 11.3 Å². The quantitative estimate of drug-likeness (QED) is 0.571. The molecular weight excluding hydrogens is 383 g/mol. The number of nitrogens with one attached hydrogen (secondary N) is 1. The standard InChI is InChI=1S/C17H18F3N3O3S/c1-10-16(22-13(27-10)8-17(18,19)20)26-9-11-6-4-5-7-12(11)14(23-25-3)15(24)21-2/h4-7H,8-9H2,1-3H3,(H,21,24)/b23-14+. The fraction of sp³-hybridized carbons (Fsp3) is 0.353. The molecular formula is C17H18F3N3O3S. The van der Waals surface area contributed by atoms with Crippen molar-refractivity contribution in [3.8, 4) is 5.88 Å². The highest BCUT2D eigenvalue weighted by Gasteiger charge is 2.30. The summed E-state index contributed by atoms with van der Waals surface area (Å²) in [5.41, 5.74) is 1.16. The fourth-order valence-electron chi connectivity index (χ4n) is 2.26. The summed E-state index contributed by atoms with van der Waals surface area (Å²) in [5, 5.41) is 6.17. The number of aryl methyl sites for hydroxylation is 1. The lowest BCUT2D eigenvalue weighted by atomic mass is 10.0. The van der Waals surface area contributed by atoms with E-state index >= 15 is 0 Å². The van der Waals surface area contributed by atoms with Gasteiger partial charge in [-0.3, -0.25) is 4.79 Å². The molecule has 0 spiro atoms. The van der Waals surface area contributed by atoms with Crippen LogP contribution in [0.1, 0.15) is 21.0 Å². The number of alkyl halides is 3. The van der Waals surface area contributed by atoms with Crippen molar-refractivity contribution in [2.75, 3.05) is 14.2 Å². The van der Waals surface area contributed by atoms with Gasteiger partial charge in [0.05, 0.1) is 11.3 Å². The summed E-state index contributed by atoms with van der Waals surface area (Å²) >= 11 is 0.940. The number of aromatic nitrogens is 1. The van der Waals surface area contributed by atoms with E-state index in [1.165, 1.54) is 14.2 Å². The third-order valence-electron chi connectivity index (χ3n) is 3.41. The molecule has 0 unspecified atom stereocenters. The van der Waals surface area contributed by atoms with Gasteiger partial charge in [-0.1, -0.05) is 29.4 Å². The minimum Gasteiger partial charge on any atom is -0.472 e. The lowest BCUT2D eigenvalue weighted by Gasteiger charge is -2.11. The van der Waals surface area contributed by atoms with Crippen LogP contribution in [0.2, 0.25) is 0 Å². The Morgan fingerprint density at radius 1 is 1.33 bits per heavy atom. The lowest BCUT2D eigenvalue weighted by molar-refractivity contribution is -0.127. The van der Waals surface area contributed by atoms with Gasteiger partial charge in [0.2, 0.25) is 5.88 Å². The molecule has 0 saturated carbocycles. The molecule has 27 heavy (non-hydrogen) atoms. The summed E-state index contributed by atoms with van der Waals surface area (Å²) in [5.74, 6) is -0.305. The summed E-state index contributed by atoms with van der Waals surface area (Å²) in [7, 11) is 2.79. The van der Waals surface area contributed by atoms with Crippen LogP contribution in [0.15, 0.2) is 29.4 Å². The van der Waals surface area contributed by atoms with E-state index in [1.54, 1.807) is 31.2 Å². The smallest absolute Gasteiger partial charge is 0.395 e. The fourth-order valence-corrected chi connectivity index (χ4v) is 3.17. The number of benzene rings is 1. The van der Waals surface area contributed by atoms with E-state index < -0.39 is 18.5 Å². The molecule has 10 heteroatoms. The number of thiazole rings is 1. The van der Waals surface area contributed by atoms with Crippen molar-refractivity contribution >= 4 is 23.0 Å². The molecule has 6 nitrogen and oxygen atoms in total. The number of carbonyl (C=O) groups excluding carboxylic acids is 1. The molecule has 0 atom stereocenters. The number of oxime groups is 1. The topological polar surface area (TPSA) is 72.8 Å². The molecule has 0 bridgehead atoms. The molecule has 0 aliphatic rings. The Kier molecular flexibility index (Phi) is 6.78. The van der Waals surface area contributed by atoms with Crippen LogP contribution in [0, 0.1) is 6.92 Å². The number of halogens is 3. The molecule has 146 valence electrons. The predicted octanol–water partition coefficient (Wildman–Crippen LogP) is 3.23. The lowest BCUT2D eigenvalue weighted by Crippen LogP contribution is -2.29. The van der Waals surface area contributed by atoms with Crippen LogP contribution in [0.3, 0.4) is 0 Å². The number of carbonyl (C=O) groups is 1. The van der Waals surface area contributed by atoms with E-state index in [1.807, 2.05) is 0 Å². The van der Waals surface area contributed by atoms with Crippen molar-refractivity contribution < 1.29 is 27.5 Å². The van der Waals surface area contributed by atoms with Crippen molar-refractivity contribution in [1.29, 1.82) is 0 Å². The highest BCUT2D eigenvalue weighted by Crippen LogP contribution is 2.30. The zero-order chi connectivity index (χ0) is 20.0. The van der Waals surface area contributed by atoms with Crippen molar-refractivity contribution in [1.82, 2.24) is 10.3 Å². The van der Waals surface area contributed by atoms with Gasteiger partial charge in [0, 0.05) is 12.6 Å². The van der Waals surface area contributed by atoms with Crippen LogP contribution in [0.25, 0.3) is 0 Å². The maximum absolute atomic E-state index is 12.5. The van der Waals surface area contributed by atoms with Gasteiger partial charge < -0.3 is 14.9 Å². The number of likely N-dealkylation sites (N-methyl/N-ethyl adjacent to an activating group) is 1. The summed E-state index contributed by atoms with van der Waals surface area (Å²) in [6, 6.07) is 6.87. The minimum absolute atomic E-state index is 0.00589. The van der Waals surface area contributed by atoms with Gasteiger partial charge in [-0.25, -0.2) is 4.98 Å². The first-order valence-corrected chi connectivity index (χ1v) is 8.64. The van der Waals surface area contributed by atoms with Gasteiger partial charge in [-0.05, 0) is 12.5 Å². The highest BCUT2D eigenvalue weighted by molar-refractivity contribution is 7.11. The number of nitrogens with zero attached hydrogens (tertiary/aromatic N) is 2. The molecule has 0 aliphatic heterocycles. The molecule has 1 aromatic carbocycles. The van der Waals surface area contributed by atoms with E-state index in [2.05, 4.69) is 15.5 Å². The molecule has 0 radical (unpaired) electrons. The predicted molar refractivity (Wildman–Crippen MR) is 95.0 cm³/mol. The van der Waals surface area contributed by atoms with Crippen LogP contribution in [-0.4, -0.2) is 36.9 Å². The number of rotatable bonds is 7. The first kappa shape index (κ1) is 20.7. The Morgan fingerprint density at radius 3 is 2.67 bits per heavy atom. The summed E-state index contributed by atoms with van der Waals surface area (Å²) in [6.07, 6.45) is -5.42. The van der Waals surface area contributed by atoms with Crippen LogP contribution in [-0.2, 0) is 22.7 Å². The molecule has 0 aliphatic carbocycles.